The zero-order valence-corrected chi connectivity index (χ0v) is 14.7. The second kappa shape index (κ2) is 6.11. The van der Waals surface area contributed by atoms with Crippen molar-refractivity contribution >= 4 is 25.4 Å². The van der Waals surface area contributed by atoms with Crippen LogP contribution < -0.4 is 5.73 Å². The summed E-state index contributed by atoms with van der Waals surface area (Å²) in [5, 5.41) is 7.23. The van der Waals surface area contributed by atoms with Crippen molar-refractivity contribution in [2.24, 2.45) is 0 Å². The Hall–Kier alpha value is -2.05. The molecule has 128 valence electrons. The van der Waals surface area contributed by atoms with Gasteiger partial charge in [0, 0.05) is 0 Å². The smallest absolute Gasteiger partial charge is 0.395 e. The molecule has 1 aromatic heterocycles. The minimum atomic E-state index is -4.85. The molecule has 2 rings (SSSR count). The summed E-state index contributed by atoms with van der Waals surface area (Å²) in [5.74, 6) is 1.38. The van der Waals surface area contributed by atoms with Gasteiger partial charge in [-0.05, 0) is 6.07 Å². The Kier molecular flexibility index (Phi) is 4.65. The molecule has 2 N–H and O–H groups in total. The second-order valence-corrected chi connectivity index (χ2v) is 11.1. The molecule has 2 aromatic rings. The van der Waals surface area contributed by atoms with Crippen LogP contribution in [0.25, 0.3) is 5.69 Å². The standard InChI is InChI=1S/C14H13ClF4N4Si/c1-24(2,3)5-4-8-12(20)10(16)6-9(14(17,18)19)13(8)23-21-7-11(15)22-23/h6-7H,20H2,1-3H3. The van der Waals surface area contributed by atoms with Gasteiger partial charge in [0.15, 0.2) is 5.15 Å². The van der Waals surface area contributed by atoms with Crippen molar-refractivity contribution in [2.75, 3.05) is 5.73 Å². The van der Waals surface area contributed by atoms with Gasteiger partial charge in [-0.3, -0.25) is 0 Å². The molecule has 0 saturated heterocycles. The van der Waals surface area contributed by atoms with Gasteiger partial charge in [0.2, 0.25) is 0 Å². The lowest BCUT2D eigenvalue weighted by Crippen LogP contribution is -2.18. The van der Waals surface area contributed by atoms with Gasteiger partial charge >= 0.3 is 6.18 Å². The van der Waals surface area contributed by atoms with E-state index in [0.29, 0.717) is 10.9 Å². The van der Waals surface area contributed by atoms with Crippen LogP contribution in [-0.4, -0.2) is 23.1 Å². The number of aromatic nitrogens is 3. The van der Waals surface area contributed by atoms with E-state index in [1.807, 2.05) is 19.6 Å². The van der Waals surface area contributed by atoms with Gasteiger partial charge in [0.1, 0.15) is 19.6 Å². The Bertz CT molecular complexity index is 843. The molecule has 0 spiro atoms. The Balaban J connectivity index is 2.89. The van der Waals surface area contributed by atoms with Crippen LogP contribution in [0.15, 0.2) is 12.3 Å². The Labute approximate surface area is 141 Å². The first-order valence-corrected chi connectivity index (χ1v) is 10.6. The number of anilines is 1. The summed E-state index contributed by atoms with van der Waals surface area (Å²) < 4.78 is 54.0. The predicted molar refractivity (Wildman–Crippen MR) is 86.0 cm³/mol. The molecule has 0 aliphatic rings. The first kappa shape index (κ1) is 18.3. The van der Waals surface area contributed by atoms with E-state index in [1.165, 1.54) is 0 Å². The number of nitrogens with zero attached hydrogens (tertiary/aromatic N) is 3. The number of nitrogens with two attached hydrogens (primary N) is 1. The van der Waals surface area contributed by atoms with Crippen molar-refractivity contribution in [3.05, 3.63) is 34.4 Å². The first-order valence-electron chi connectivity index (χ1n) is 6.71. The van der Waals surface area contributed by atoms with E-state index in [9.17, 15) is 17.6 Å². The number of nitrogen functional groups attached to an aromatic ring is 1. The molecule has 0 aliphatic carbocycles. The van der Waals surface area contributed by atoms with Crippen molar-refractivity contribution in [1.29, 1.82) is 0 Å². The van der Waals surface area contributed by atoms with E-state index >= 15 is 0 Å². The third-order valence-corrected chi connectivity index (χ3v) is 3.87. The molecule has 0 unspecified atom stereocenters. The second-order valence-electron chi connectivity index (χ2n) is 6.00. The molecule has 0 saturated carbocycles. The van der Waals surface area contributed by atoms with Gasteiger partial charge in [0.25, 0.3) is 0 Å². The minimum Gasteiger partial charge on any atom is -0.395 e. The van der Waals surface area contributed by atoms with E-state index in [2.05, 4.69) is 21.7 Å². The monoisotopic (exact) mass is 376 g/mol. The van der Waals surface area contributed by atoms with E-state index < -0.39 is 37.0 Å². The van der Waals surface area contributed by atoms with Crippen molar-refractivity contribution in [2.45, 2.75) is 25.8 Å². The fourth-order valence-corrected chi connectivity index (χ4v) is 2.42. The van der Waals surface area contributed by atoms with Crippen LogP contribution in [0.4, 0.5) is 23.2 Å². The van der Waals surface area contributed by atoms with Crippen LogP contribution in [0.1, 0.15) is 11.1 Å². The highest BCUT2D eigenvalue weighted by Gasteiger charge is 2.37. The SMILES string of the molecule is C[Si](C)(C)C#Cc1c(N)c(F)cc(C(F)(F)F)c1-n1ncc(Cl)n1. The highest BCUT2D eigenvalue weighted by atomic mass is 35.5. The van der Waals surface area contributed by atoms with Gasteiger partial charge in [-0.2, -0.15) is 18.3 Å². The summed E-state index contributed by atoms with van der Waals surface area (Å²) >= 11 is 5.64. The van der Waals surface area contributed by atoms with Gasteiger partial charge in [0.05, 0.1) is 23.0 Å². The van der Waals surface area contributed by atoms with Crippen molar-refractivity contribution in [3.8, 4) is 17.2 Å². The fraction of sp³-hybridized carbons (Fsp3) is 0.286. The maximum absolute atomic E-state index is 13.9. The summed E-state index contributed by atoms with van der Waals surface area (Å²) in [5.41, 5.74) is 5.90. The molecule has 0 aliphatic heterocycles. The van der Waals surface area contributed by atoms with Gasteiger partial charge in [-0.1, -0.05) is 37.2 Å². The topological polar surface area (TPSA) is 56.7 Å². The zero-order chi connectivity index (χ0) is 18.3. The van der Waals surface area contributed by atoms with Gasteiger partial charge in [-0.25, -0.2) is 4.39 Å². The van der Waals surface area contributed by atoms with Crippen LogP contribution >= 0.6 is 11.6 Å². The van der Waals surface area contributed by atoms with E-state index in [-0.39, 0.29) is 10.7 Å². The number of hydrogen-bond acceptors (Lipinski definition) is 3. The molecule has 1 aromatic carbocycles. The van der Waals surface area contributed by atoms with E-state index in [0.717, 1.165) is 6.20 Å². The van der Waals surface area contributed by atoms with Crippen molar-refractivity contribution in [3.63, 3.8) is 0 Å². The molecule has 10 heteroatoms. The molecule has 0 fully saturated rings. The molecule has 4 nitrogen and oxygen atoms in total. The highest BCUT2D eigenvalue weighted by molar-refractivity contribution is 6.83. The third-order valence-electron chi connectivity index (χ3n) is 2.82. The van der Waals surface area contributed by atoms with Crippen molar-refractivity contribution in [1.82, 2.24) is 15.0 Å². The number of hydrogen-bond donors (Lipinski definition) is 1. The minimum absolute atomic E-state index is 0.116. The maximum Gasteiger partial charge on any atom is 0.418 e. The first-order chi connectivity index (χ1) is 10.9. The highest BCUT2D eigenvalue weighted by Crippen LogP contribution is 2.38. The zero-order valence-electron chi connectivity index (χ0n) is 13.0. The Morgan fingerprint density at radius 2 is 1.92 bits per heavy atom. The fourth-order valence-electron chi connectivity index (χ4n) is 1.81. The Morgan fingerprint density at radius 1 is 1.29 bits per heavy atom. The molecule has 0 atom stereocenters. The maximum atomic E-state index is 13.9. The van der Waals surface area contributed by atoms with E-state index in [4.69, 9.17) is 17.3 Å². The average Bonchev–Trinajstić information content (AvgIpc) is 2.84. The van der Waals surface area contributed by atoms with Crippen LogP contribution in [0, 0.1) is 17.3 Å². The predicted octanol–water partition coefficient (Wildman–Crippen LogP) is 3.89. The van der Waals surface area contributed by atoms with Crippen LogP contribution in [-0.2, 0) is 6.18 Å². The third kappa shape index (κ3) is 3.88. The molecule has 1 heterocycles. The summed E-state index contributed by atoms with van der Waals surface area (Å²) in [6.45, 7) is 5.68. The number of benzene rings is 1. The Morgan fingerprint density at radius 3 is 2.38 bits per heavy atom. The van der Waals surface area contributed by atoms with Crippen LogP contribution in [0.3, 0.4) is 0 Å². The normalized spacial score (nSPS) is 12.0. The number of rotatable bonds is 1. The molecular weight excluding hydrogens is 364 g/mol. The number of alkyl halides is 3. The lowest BCUT2D eigenvalue weighted by atomic mass is 10.0. The van der Waals surface area contributed by atoms with Crippen LogP contribution in [0.2, 0.25) is 24.8 Å². The summed E-state index contributed by atoms with van der Waals surface area (Å²) in [6.07, 6.45) is -3.78. The van der Waals surface area contributed by atoms with E-state index in [1.54, 1.807) is 0 Å². The lowest BCUT2D eigenvalue weighted by molar-refractivity contribution is -0.137. The molecule has 24 heavy (non-hydrogen) atoms. The average molecular weight is 377 g/mol. The summed E-state index contributed by atoms with van der Waals surface area (Å²) in [7, 11) is -1.96. The molecule has 0 radical (unpaired) electrons. The van der Waals surface area contributed by atoms with Gasteiger partial charge in [-0.15, -0.1) is 15.4 Å². The quantitative estimate of drug-likeness (QED) is 0.355. The largest absolute Gasteiger partial charge is 0.418 e. The van der Waals surface area contributed by atoms with Crippen molar-refractivity contribution < 1.29 is 17.6 Å². The molecule has 0 bridgehead atoms. The number of halogens is 5. The summed E-state index contributed by atoms with van der Waals surface area (Å²) in [4.78, 5) is 0.662. The summed E-state index contributed by atoms with van der Waals surface area (Å²) in [6, 6.07) is 0.307. The van der Waals surface area contributed by atoms with Gasteiger partial charge < -0.3 is 5.73 Å². The lowest BCUT2D eigenvalue weighted by Gasteiger charge is -2.16. The van der Waals surface area contributed by atoms with Crippen LogP contribution in [0.5, 0.6) is 0 Å². The molecular formula is C14H13ClF4N4Si. The molecule has 0 amide bonds.